The summed E-state index contributed by atoms with van der Waals surface area (Å²) in [4.78, 5) is 11.4. The van der Waals surface area contributed by atoms with Gasteiger partial charge in [-0.2, -0.15) is 0 Å². The van der Waals surface area contributed by atoms with Crippen molar-refractivity contribution in [3.05, 3.63) is 34.3 Å². The van der Waals surface area contributed by atoms with Crippen molar-refractivity contribution in [2.45, 2.75) is 6.42 Å². The quantitative estimate of drug-likeness (QED) is 0.616. The van der Waals surface area contributed by atoms with E-state index in [1.54, 1.807) is 0 Å². The van der Waals surface area contributed by atoms with Gasteiger partial charge in [0.25, 0.3) is 0 Å². The fourth-order valence-electron chi connectivity index (χ4n) is 0.908. The van der Waals surface area contributed by atoms with Gasteiger partial charge in [-0.25, -0.2) is 0 Å². The standard InChI is InChI=1S/C9H8Br2O/c10-6-5-9(12)7-3-1-2-4-8(7)11/h1-4H,5-6H2. The molecule has 0 atom stereocenters. The summed E-state index contributed by atoms with van der Waals surface area (Å²) < 4.78 is 0.871. The van der Waals surface area contributed by atoms with Crippen LogP contribution in [0, 0.1) is 0 Å². The Morgan fingerprint density at radius 1 is 1.33 bits per heavy atom. The van der Waals surface area contributed by atoms with Gasteiger partial charge in [-0.15, -0.1) is 0 Å². The van der Waals surface area contributed by atoms with Crippen LogP contribution in [0.2, 0.25) is 0 Å². The molecule has 0 aromatic heterocycles. The maximum atomic E-state index is 11.4. The minimum atomic E-state index is 0.166. The molecule has 0 saturated carbocycles. The highest BCUT2D eigenvalue weighted by atomic mass is 79.9. The van der Waals surface area contributed by atoms with Gasteiger partial charge in [0.15, 0.2) is 5.78 Å². The average Bonchev–Trinajstić information content (AvgIpc) is 2.05. The number of benzene rings is 1. The number of halogens is 2. The molecular weight excluding hydrogens is 284 g/mol. The topological polar surface area (TPSA) is 17.1 Å². The van der Waals surface area contributed by atoms with Gasteiger partial charge < -0.3 is 0 Å². The minimum absolute atomic E-state index is 0.166. The van der Waals surface area contributed by atoms with E-state index in [9.17, 15) is 4.79 Å². The Morgan fingerprint density at radius 3 is 2.58 bits per heavy atom. The molecule has 0 unspecified atom stereocenters. The lowest BCUT2D eigenvalue weighted by molar-refractivity contribution is 0.0989. The van der Waals surface area contributed by atoms with Crippen molar-refractivity contribution >= 4 is 37.6 Å². The van der Waals surface area contributed by atoms with Crippen LogP contribution >= 0.6 is 31.9 Å². The van der Waals surface area contributed by atoms with Crippen LogP contribution in [0.15, 0.2) is 28.7 Å². The van der Waals surface area contributed by atoms with Gasteiger partial charge in [-0.1, -0.05) is 50.1 Å². The second kappa shape index (κ2) is 4.77. The zero-order chi connectivity index (χ0) is 8.97. The fraction of sp³-hybridized carbons (Fsp3) is 0.222. The van der Waals surface area contributed by atoms with E-state index in [0.29, 0.717) is 11.8 Å². The molecule has 0 spiro atoms. The molecule has 0 aliphatic heterocycles. The van der Waals surface area contributed by atoms with Crippen molar-refractivity contribution in [1.29, 1.82) is 0 Å². The molecule has 0 radical (unpaired) electrons. The first-order valence-electron chi connectivity index (χ1n) is 3.59. The smallest absolute Gasteiger partial charge is 0.164 e. The first-order chi connectivity index (χ1) is 5.75. The Labute approximate surface area is 88.4 Å². The molecule has 1 rings (SSSR count). The lowest BCUT2D eigenvalue weighted by atomic mass is 10.1. The Kier molecular flexibility index (Phi) is 3.95. The third kappa shape index (κ3) is 2.42. The summed E-state index contributed by atoms with van der Waals surface area (Å²) in [7, 11) is 0. The zero-order valence-corrected chi connectivity index (χ0v) is 9.56. The number of alkyl halides is 1. The maximum absolute atomic E-state index is 11.4. The third-order valence-corrected chi connectivity index (χ3v) is 2.58. The number of ketones is 1. The molecule has 1 nitrogen and oxygen atoms in total. The summed E-state index contributed by atoms with van der Waals surface area (Å²) in [5, 5.41) is 0.715. The van der Waals surface area contributed by atoms with Gasteiger partial charge >= 0.3 is 0 Å². The first kappa shape index (κ1) is 9.93. The lowest BCUT2D eigenvalue weighted by Crippen LogP contribution is -1.99. The van der Waals surface area contributed by atoms with Gasteiger partial charge in [0.05, 0.1) is 0 Å². The van der Waals surface area contributed by atoms with E-state index in [4.69, 9.17) is 0 Å². The van der Waals surface area contributed by atoms with Crippen molar-refractivity contribution in [1.82, 2.24) is 0 Å². The Bertz CT molecular complexity index is 284. The third-order valence-electron chi connectivity index (χ3n) is 1.50. The van der Waals surface area contributed by atoms with Crippen LogP contribution in [0.1, 0.15) is 16.8 Å². The van der Waals surface area contributed by atoms with Crippen LogP contribution in [-0.2, 0) is 0 Å². The molecule has 0 bridgehead atoms. The van der Waals surface area contributed by atoms with Gasteiger partial charge in [0.1, 0.15) is 0 Å². The van der Waals surface area contributed by atoms with Crippen molar-refractivity contribution < 1.29 is 4.79 Å². The SMILES string of the molecule is O=C(CCBr)c1ccccc1Br. The van der Waals surface area contributed by atoms with Crippen LogP contribution in [0.3, 0.4) is 0 Å². The fourth-order valence-corrected chi connectivity index (χ4v) is 1.77. The number of hydrogen-bond donors (Lipinski definition) is 0. The highest BCUT2D eigenvalue weighted by molar-refractivity contribution is 9.10. The molecule has 12 heavy (non-hydrogen) atoms. The monoisotopic (exact) mass is 290 g/mol. The molecule has 0 fully saturated rings. The molecule has 3 heteroatoms. The van der Waals surface area contributed by atoms with Gasteiger partial charge in [-0.3, -0.25) is 4.79 Å². The molecule has 0 saturated heterocycles. The predicted octanol–water partition coefficient (Wildman–Crippen LogP) is 3.42. The number of hydrogen-bond acceptors (Lipinski definition) is 1. The van der Waals surface area contributed by atoms with E-state index in [2.05, 4.69) is 31.9 Å². The molecule has 0 aliphatic carbocycles. The van der Waals surface area contributed by atoms with E-state index in [1.165, 1.54) is 0 Å². The second-order valence-electron chi connectivity index (χ2n) is 2.34. The summed E-state index contributed by atoms with van der Waals surface area (Å²) in [5.74, 6) is 0.166. The van der Waals surface area contributed by atoms with Crippen LogP contribution in [-0.4, -0.2) is 11.1 Å². The van der Waals surface area contributed by atoms with Crippen molar-refractivity contribution in [2.75, 3.05) is 5.33 Å². The van der Waals surface area contributed by atoms with E-state index in [0.717, 1.165) is 10.0 Å². The highest BCUT2D eigenvalue weighted by Crippen LogP contribution is 2.17. The number of rotatable bonds is 3. The normalized spacial score (nSPS) is 9.83. The molecule has 1 aromatic carbocycles. The Morgan fingerprint density at radius 2 is 2.00 bits per heavy atom. The summed E-state index contributed by atoms with van der Waals surface area (Å²) >= 11 is 6.57. The molecule has 0 aliphatic rings. The summed E-state index contributed by atoms with van der Waals surface area (Å²) in [5.41, 5.74) is 0.761. The summed E-state index contributed by atoms with van der Waals surface area (Å²) in [6.45, 7) is 0. The van der Waals surface area contributed by atoms with E-state index < -0.39 is 0 Å². The lowest BCUT2D eigenvalue weighted by Gasteiger charge is -2.00. The molecule has 0 heterocycles. The van der Waals surface area contributed by atoms with Crippen LogP contribution in [0.25, 0.3) is 0 Å². The number of Topliss-reactive ketones (excluding diaryl/α,β-unsaturated/α-hetero) is 1. The van der Waals surface area contributed by atoms with E-state index in [-0.39, 0.29) is 5.78 Å². The summed E-state index contributed by atoms with van der Waals surface area (Å²) in [6, 6.07) is 7.47. The van der Waals surface area contributed by atoms with E-state index >= 15 is 0 Å². The second-order valence-corrected chi connectivity index (χ2v) is 3.99. The first-order valence-corrected chi connectivity index (χ1v) is 5.51. The van der Waals surface area contributed by atoms with Crippen LogP contribution < -0.4 is 0 Å². The van der Waals surface area contributed by atoms with Crippen LogP contribution in [0.5, 0.6) is 0 Å². The predicted molar refractivity (Wildman–Crippen MR) is 56.9 cm³/mol. The molecule has 1 aromatic rings. The zero-order valence-electron chi connectivity index (χ0n) is 6.39. The van der Waals surface area contributed by atoms with Gasteiger partial charge in [-0.05, 0) is 6.07 Å². The molecule has 64 valence electrons. The average molecular weight is 292 g/mol. The number of carbonyl (C=O) groups excluding carboxylic acids is 1. The maximum Gasteiger partial charge on any atom is 0.164 e. The van der Waals surface area contributed by atoms with Crippen molar-refractivity contribution in [3.8, 4) is 0 Å². The largest absolute Gasteiger partial charge is 0.294 e. The highest BCUT2D eigenvalue weighted by Gasteiger charge is 2.07. The molecule has 0 N–H and O–H groups in total. The molecular formula is C9H8Br2O. The minimum Gasteiger partial charge on any atom is -0.294 e. The van der Waals surface area contributed by atoms with Crippen LogP contribution in [0.4, 0.5) is 0 Å². The van der Waals surface area contributed by atoms with Crippen molar-refractivity contribution in [3.63, 3.8) is 0 Å². The van der Waals surface area contributed by atoms with Crippen molar-refractivity contribution in [2.24, 2.45) is 0 Å². The Balaban J connectivity index is 2.87. The van der Waals surface area contributed by atoms with Gasteiger partial charge in [0.2, 0.25) is 0 Å². The Hall–Kier alpha value is -0.150. The van der Waals surface area contributed by atoms with Gasteiger partial charge in [0, 0.05) is 21.8 Å². The molecule has 0 amide bonds. The number of carbonyl (C=O) groups is 1. The van der Waals surface area contributed by atoms with E-state index in [1.807, 2.05) is 24.3 Å². The summed E-state index contributed by atoms with van der Waals surface area (Å²) in [6.07, 6.45) is 0.544.